The van der Waals surface area contributed by atoms with Crippen molar-refractivity contribution in [3.05, 3.63) is 34.6 Å². The van der Waals surface area contributed by atoms with Crippen LogP contribution in [0.5, 0.6) is 0 Å². The van der Waals surface area contributed by atoms with Gasteiger partial charge in [0.25, 0.3) is 0 Å². The predicted molar refractivity (Wildman–Crippen MR) is 60.5 cm³/mol. The topological polar surface area (TPSA) is 26.0 Å². The highest BCUT2D eigenvalue weighted by Gasteiger charge is 2.11. The number of halogens is 3. The summed E-state index contributed by atoms with van der Waals surface area (Å²) in [7, 11) is 0. The zero-order valence-corrected chi connectivity index (χ0v) is 9.54. The van der Waals surface area contributed by atoms with Gasteiger partial charge in [0, 0.05) is 6.04 Å². The predicted octanol–water partition coefficient (Wildman–Crippen LogP) is 3.70. The average Bonchev–Trinajstić information content (AvgIpc) is 2.10. The van der Waals surface area contributed by atoms with Crippen LogP contribution >= 0.6 is 24.0 Å². The van der Waals surface area contributed by atoms with E-state index >= 15 is 0 Å². The van der Waals surface area contributed by atoms with Gasteiger partial charge in [0.1, 0.15) is 5.82 Å². The van der Waals surface area contributed by atoms with Crippen molar-refractivity contribution in [1.29, 1.82) is 0 Å². The summed E-state index contributed by atoms with van der Waals surface area (Å²) in [6, 6.07) is 4.58. The van der Waals surface area contributed by atoms with Gasteiger partial charge in [-0.3, -0.25) is 0 Å². The van der Waals surface area contributed by atoms with Crippen LogP contribution in [0.15, 0.2) is 18.2 Å². The highest BCUT2D eigenvalue weighted by Crippen LogP contribution is 2.26. The maximum absolute atomic E-state index is 13.0. The van der Waals surface area contributed by atoms with Gasteiger partial charge in [-0.1, -0.05) is 37.1 Å². The molecule has 0 fully saturated rings. The first-order valence-corrected chi connectivity index (χ1v) is 4.74. The Bertz CT molecular complexity index is 291. The van der Waals surface area contributed by atoms with Crippen molar-refractivity contribution in [2.24, 2.45) is 5.73 Å². The van der Waals surface area contributed by atoms with Gasteiger partial charge in [0.15, 0.2) is 0 Å². The molecule has 0 unspecified atom stereocenters. The zero-order chi connectivity index (χ0) is 9.84. The van der Waals surface area contributed by atoms with Crippen LogP contribution in [0.25, 0.3) is 0 Å². The molecular formula is C10H14Cl2FN. The number of hydrogen-bond acceptors (Lipinski definition) is 1. The standard InChI is InChI=1S/C10H13ClFN.ClH/c1-2-4-9(13)7-5-3-6-8(12)10(7)11;/h3,5-6,9H,2,4,13H2,1H3;1H/t9-;/m0./s1. The summed E-state index contributed by atoms with van der Waals surface area (Å²) in [6.45, 7) is 2.03. The molecule has 1 rings (SSSR count). The van der Waals surface area contributed by atoms with Crippen LogP contribution in [0.1, 0.15) is 31.4 Å². The van der Waals surface area contributed by atoms with Gasteiger partial charge in [-0.25, -0.2) is 4.39 Å². The quantitative estimate of drug-likeness (QED) is 0.853. The minimum Gasteiger partial charge on any atom is -0.324 e. The third kappa shape index (κ3) is 3.12. The van der Waals surface area contributed by atoms with E-state index in [1.165, 1.54) is 6.07 Å². The van der Waals surface area contributed by atoms with Crippen LogP contribution in [-0.2, 0) is 0 Å². The Labute approximate surface area is 94.9 Å². The first kappa shape index (κ1) is 13.7. The molecule has 0 amide bonds. The molecule has 0 aliphatic carbocycles. The lowest BCUT2D eigenvalue weighted by Gasteiger charge is -2.12. The molecule has 0 aliphatic rings. The van der Waals surface area contributed by atoms with E-state index in [9.17, 15) is 4.39 Å². The van der Waals surface area contributed by atoms with E-state index in [-0.39, 0.29) is 23.5 Å². The van der Waals surface area contributed by atoms with E-state index in [0.29, 0.717) is 5.56 Å². The Balaban J connectivity index is 0.00000169. The van der Waals surface area contributed by atoms with Gasteiger partial charge < -0.3 is 5.73 Å². The first-order chi connectivity index (χ1) is 6.16. The number of benzene rings is 1. The maximum Gasteiger partial charge on any atom is 0.142 e. The Morgan fingerprint density at radius 2 is 2.14 bits per heavy atom. The van der Waals surface area contributed by atoms with Crippen LogP contribution in [-0.4, -0.2) is 0 Å². The van der Waals surface area contributed by atoms with Gasteiger partial charge in [-0.2, -0.15) is 0 Å². The molecular weight excluding hydrogens is 224 g/mol. The second-order valence-electron chi connectivity index (χ2n) is 3.04. The fourth-order valence-corrected chi connectivity index (χ4v) is 1.54. The highest BCUT2D eigenvalue weighted by atomic mass is 35.5. The summed E-state index contributed by atoms with van der Waals surface area (Å²) in [5.74, 6) is -0.397. The van der Waals surface area contributed by atoms with Crippen molar-refractivity contribution in [3.8, 4) is 0 Å². The summed E-state index contributed by atoms with van der Waals surface area (Å²) in [5.41, 5.74) is 6.52. The Hall–Kier alpha value is -0.310. The van der Waals surface area contributed by atoms with Gasteiger partial charge >= 0.3 is 0 Å². The Morgan fingerprint density at radius 1 is 1.50 bits per heavy atom. The third-order valence-corrected chi connectivity index (χ3v) is 2.38. The highest BCUT2D eigenvalue weighted by molar-refractivity contribution is 6.31. The maximum atomic E-state index is 13.0. The van der Waals surface area contributed by atoms with E-state index in [2.05, 4.69) is 0 Å². The lowest BCUT2D eigenvalue weighted by molar-refractivity contribution is 0.606. The molecule has 0 saturated heterocycles. The molecule has 2 N–H and O–H groups in total. The minimum absolute atomic E-state index is 0. The zero-order valence-electron chi connectivity index (χ0n) is 7.97. The van der Waals surface area contributed by atoms with Crippen LogP contribution in [0, 0.1) is 5.82 Å². The van der Waals surface area contributed by atoms with Crippen LogP contribution in [0.3, 0.4) is 0 Å². The molecule has 1 aromatic rings. The average molecular weight is 238 g/mol. The molecule has 4 heteroatoms. The van der Waals surface area contributed by atoms with Crippen molar-refractivity contribution in [3.63, 3.8) is 0 Å². The summed E-state index contributed by atoms with van der Waals surface area (Å²) >= 11 is 5.77. The molecule has 1 nitrogen and oxygen atoms in total. The van der Waals surface area contributed by atoms with Crippen molar-refractivity contribution >= 4 is 24.0 Å². The lowest BCUT2D eigenvalue weighted by atomic mass is 10.0. The van der Waals surface area contributed by atoms with Gasteiger partial charge in [0.2, 0.25) is 0 Å². The second kappa shape index (κ2) is 6.23. The summed E-state index contributed by atoms with van der Waals surface area (Å²) in [6.07, 6.45) is 1.79. The third-order valence-electron chi connectivity index (χ3n) is 1.98. The van der Waals surface area contributed by atoms with E-state index in [1.54, 1.807) is 12.1 Å². The van der Waals surface area contributed by atoms with E-state index in [0.717, 1.165) is 12.8 Å². The molecule has 0 aliphatic heterocycles. The number of rotatable bonds is 3. The van der Waals surface area contributed by atoms with Gasteiger partial charge in [0.05, 0.1) is 5.02 Å². The summed E-state index contributed by atoms with van der Waals surface area (Å²) < 4.78 is 13.0. The number of nitrogens with two attached hydrogens (primary N) is 1. The largest absolute Gasteiger partial charge is 0.324 e. The molecule has 1 atom stereocenters. The van der Waals surface area contributed by atoms with Crippen LogP contribution in [0.2, 0.25) is 5.02 Å². The van der Waals surface area contributed by atoms with E-state index < -0.39 is 5.82 Å². The Morgan fingerprint density at radius 3 is 2.71 bits per heavy atom. The summed E-state index contributed by atoms with van der Waals surface area (Å²) in [4.78, 5) is 0. The van der Waals surface area contributed by atoms with Crippen molar-refractivity contribution in [2.75, 3.05) is 0 Å². The van der Waals surface area contributed by atoms with Crippen molar-refractivity contribution < 1.29 is 4.39 Å². The first-order valence-electron chi connectivity index (χ1n) is 4.36. The van der Waals surface area contributed by atoms with Gasteiger partial charge in [-0.15, -0.1) is 12.4 Å². The number of hydrogen-bond donors (Lipinski definition) is 1. The van der Waals surface area contributed by atoms with Crippen molar-refractivity contribution in [1.82, 2.24) is 0 Å². The Kier molecular flexibility index (Phi) is 6.09. The molecule has 0 heterocycles. The van der Waals surface area contributed by atoms with Gasteiger partial charge in [-0.05, 0) is 18.1 Å². The molecule has 0 aromatic heterocycles. The molecule has 80 valence electrons. The second-order valence-corrected chi connectivity index (χ2v) is 3.42. The lowest BCUT2D eigenvalue weighted by Crippen LogP contribution is -2.10. The molecule has 1 aromatic carbocycles. The monoisotopic (exact) mass is 237 g/mol. The van der Waals surface area contributed by atoms with Crippen LogP contribution < -0.4 is 5.73 Å². The molecule has 0 spiro atoms. The van der Waals surface area contributed by atoms with Crippen molar-refractivity contribution in [2.45, 2.75) is 25.8 Å². The smallest absolute Gasteiger partial charge is 0.142 e. The normalized spacial score (nSPS) is 12.0. The molecule has 0 radical (unpaired) electrons. The SMILES string of the molecule is CCC[C@H](N)c1cccc(F)c1Cl.Cl. The molecule has 14 heavy (non-hydrogen) atoms. The van der Waals surface area contributed by atoms with Crippen LogP contribution in [0.4, 0.5) is 4.39 Å². The molecule has 0 saturated carbocycles. The van der Waals surface area contributed by atoms with E-state index in [4.69, 9.17) is 17.3 Å². The van der Waals surface area contributed by atoms with E-state index in [1.807, 2.05) is 6.92 Å². The fourth-order valence-electron chi connectivity index (χ4n) is 1.27. The molecule has 0 bridgehead atoms. The summed E-state index contributed by atoms with van der Waals surface area (Å²) in [5, 5.41) is 0.156. The minimum atomic E-state index is -0.397. The fraction of sp³-hybridized carbons (Fsp3) is 0.400.